The van der Waals surface area contributed by atoms with Crippen molar-refractivity contribution in [3.63, 3.8) is 0 Å². The van der Waals surface area contributed by atoms with Gasteiger partial charge in [-0.3, -0.25) is 14.5 Å². The van der Waals surface area contributed by atoms with E-state index in [4.69, 9.17) is 5.73 Å². The Labute approximate surface area is 215 Å². The zero-order chi connectivity index (χ0) is 26.7. The van der Waals surface area contributed by atoms with Crippen LogP contribution >= 0.6 is 11.8 Å². The number of fused-ring (bicyclic) bond motifs is 1. The number of thioether (sulfide) groups is 1. The Kier molecular flexibility index (Phi) is 7.56. The van der Waals surface area contributed by atoms with Gasteiger partial charge in [-0.25, -0.2) is 9.78 Å². The number of oxime groups is 1. The molecule has 2 atom stereocenters. The fourth-order valence-electron chi connectivity index (χ4n) is 4.07. The van der Waals surface area contributed by atoms with Gasteiger partial charge in [0.05, 0.1) is 6.20 Å². The van der Waals surface area contributed by atoms with E-state index in [1.54, 1.807) is 12.4 Å². The highest BCUT2D eigenvalue weighted by atomic mass is 32.2. The maximum atomic E-state index is 13.0. The number of carbonyl (C=O) groups excluding carboxylic acids is 2. The van der Waals surface area contributed by atoms with Crippen LogP contribution in [0.2, 0.25) is 0 Å². The van der Waals surface area contributed by atoms with Gasteiger partial charge >= 0.3 is 12.0 Å². The van der Waals surface area contributed by atoms with Crippen LogP contribution in [0, 0.1) is 0 Å². The van der Waals surface area contributed by atoms with Crippen LogP contribution in [0.5, 0.6) is 0 Å². The minimum atomic E-state index is -1.22. The third kappa shape index (κ3) is 5.04. The summed E-state index contributed by atoms with van der Waals surface area (Å²) in [5.41, 5.74) is 5.54. The van der Waals surface area contributed by atoms with Crippen molar-refractivity contribution in [3.05, 3.63) is 35.7 Å². The second-order valence-corrected chi connectivity index (χ2v) is 9.06. The Morgan fingerprint density at radius 2 is 2.19 bits per heavy atom. The van der Waals surface area contributed by atoms with Gasteiger partial charge in [-0.2, -0.15) is 9.55 Å². The molecule has 2 aromatic rings. The Morgan fingerprint density at radius 1 is 1.43 bits per heavy atom. The molecule has 4 rings (SSSR count). The van der Waals surface area contributed by atoms with Gasteiger partial charge in [-0.15, -0.1) is 11.8 Å². The van der Waals surface area contributed by atoms with Crippen molar-refractivity contribution < 1.29 is 33.4 Å². The number of nitrogens with one attached hydrogen (secondary N) is 1. The number of anilines is 2. The highest BCUT2D eigenvalue weighted by Crippen LogP contribution is 2.40. The first-order valence-electron chi connectivity index (χ1n) is 11.3. The molecule has 16 heteroatoms. The first-order valence-corrected chi connectivity index (χ1v) is 12.3. The smallest absolute Gasteiger partial charge is 0.352 e. The molecule has 0 aliphatic carbocycles. The zero-order valence-corrected chi connectivity index (χ0v) is 21.1. The molecule has 0 bridgehead atoms. The number of nitrogens with zero attached hydrogens (tertiary/aromatic N) is 7. The molecule has 1 fully saturated rings. The average molecular weight is 533 g/mol. The number of nitrogens with two attached hydrogens (primary N) is 1. The van der Waals surface area contributed by atoms with Gasteiger partial charge < -0.3 is 30.4 Å². The van der Waals surface area contributed by atoms with Crippen LogP contribution in [0.3, 0.4) is 0 Å². The summed E-state index contributed by atoms with van der Waals surface area (Å²) in [4.78, 5) is 54.1. The van der Waals surface area contributed by atoms with Crippen LogP contribution in [0.4, 0.5) is 11.8 Å². The van der Waals surface area contributed by atoms with Crippen molar-refractivity contribution in [2.75, 3.05) is 36.6 Å². The van der Waals surface area contributed by atoms with Crippen LogP contribution < -0.4 is 20.5 Å². The predicted octanol–water partition coefficient (Wildman–Crippen LogP) is -1.03. The summed E-state index contributed by atoms with van der Waals surface area (Å²) in [6.07, 6.45) is 5.25. The van der Waals surface area contributed by atoms with Crippen molar-refractivity contribution in [2.45, 2.75) is 31.8 Å². The second-order valence-electron chi connectivity index (χ2n) is 7.96. The number of hydrogen-bond acceptors (Lipinski definition) is 12. The van der Waals surface area contributed by atoms with Gasteiger partial charge in [0.1, 0.15) is 24.2 Å². The third-order valence-corrected chi connectivity index (χ3v) is 7.13. The van der Waals surface area contributed by atoms with Gasteiger partial charge in [-0.05, 0) is 13.8 Å². The Bertz CT molecular complexity index is 1270. The molecule has 2 aliphatic rings. The lowest BCUT2D eigenvalue weighted by atomic mass is 10.0. The molecule has 15 nitrogen and oxygen atoms in total. The molecular formula is C21H26N9O6S+. The van der Waals surface area contributed by atoms with Crippen molar-refractivity contribution in [3.8, 4) is 0 Å². The Morgan fingerprint density at radius 3 is 2.81 bits per heavy atom. The number of amides is 2. The van der Waals surface area contributed by atoms with Gasteiger partial charge in [0.25, 0.3) is 11.8 Å². The van der Waals surface area contributed by atoms with Crippen LogP contribution in [-0.2, 0) is 25.8 Å². The molecule has 37 heavy (non-hydrogen) atoms. The number of rotatable bonds is 10. The maximum absolute atomic E-state index is 13.0. The summed E-state index contributed by atoms with van der Waals surface area (Å²) in [5, 5.41) is 19.1. The molecule has 196 valence electrons. The first kappa shape index (κ1) is 25.9. The largest absolute Gasteiger partial charge is 0.477 e. The molecule has 2 aliphatic heterocycles. The monoisotopic (exact) mass is 532 g/mol. The van der Waals surface area contributed by atoms with E-state index in [9.17, 15) is 19.5 Å². The van der Waals surface area contributed by atoms with E-state index in [1.165, 1.54) is 23.8 Å². The number of carboxylic acids is 1. The molecule has 0 aromatic carbocycles. The topological polar surface area (TPSA) is 193 Å². The number of β-lactam (4-membered cyclic amide) rings is 1. The van der Waals surface area contributed by atoms with E-state index >= 15 is 0 Å². The molecule has 0 radical (unpaired) electrons. The Balaban J connectivity index is 1.53. The van der Waals surface area contributed by atoms with Crippen molar-refractivity contribution in [2.24, 2.45) is 5.16 Å². The van der Waals surface area contributed by atoms with Crippen molar-refractivity contribution in [1.29, 1.82) is 0 Å². The van der Waals surface area contributed by atoms with E-state index in [0.29, 0.717) is 11.3 Å². The van der Waals surface area contributed by atoms with E-state index in [1.807, 2.05) is 24.6 Å². The quantitative estimate of drug-likeness (QED) is 0.146. The summed E-state index contributed by atoms with van der Waals surface area (Å²) >= 11 is 1.35. The van der Waals surface area contributed by atoms with Crippen LogP contribution in [0.15, 0.2) is 39.5 Å². The second kappa shape index (κ2) is 10.8. The number of carboxylic acid groups (broad SMARTS) is 1. The normalized spacial score (nSPS) is 19.3. The fraction of sp³-hybridized carbons (Fsp3) is 0.429. The highest BCUT2D eigenvalue weighted by molar-refractivity contribution is 8.00. The molecule has 1 unspecified atom stereocenters. The minimum Gasteiger partial charge on any atom is -0.477 e. The number of aliphatic carboxylic acids is 1. The van der Waals surface area contributed by atoms with Gasteiger partial charge in [0.2, 0.25) is 17.7 Å². The molecule has 0 spiro atoms. The third-order valence-electron chi connectivity index (χ3n) is 5.79. The summed E-state index contributed by atoms with van der Waals surface area (Å²) < 4.78 is 6.51. The lowest BCUT2D eigenvalue weighted by molar-refractivity contribution is -0.688. The van der Waals surface area contributed by atoms with E-state index < -0.39 is 29.2 Å². The number of carbonyl (C=O) groups is 3. The molecule has 2 amide bonds. The zero-order valence-electron chi connectivity index (χ0n) is 20.3. The van der Waals surface area contributed by atoms with Crippen LogP contribution in [-0.4, -0.2) is 86.0 Å². The van der Waals surface area contributed by atoms with Gasteiger partial charge in [0, 0.05) is 24.4 Å². The lowest BCUT2D eigenvalue weighted by Gasteiger charge is -2.49. The lowest BCUT2D eigenvalue weighted by Crippen LogP contribution is -2.71. The highest BCUT2D eigenvalue weighted by Gasteiger charge is 2.55. The van der Waals surface area contributed by atoms with E-state index in [0.717, 1.165) is 18.9 Å². The molecule has 1 saturated heterocycles. The molecular weight excluding hydrogens is 506 g/mol. The first-order chi connectivity index (χ1) is 17.8. The summed E-state index contributed by atoms with van der Waals surface area (Å²) in [5.74, 6) is -1.69. The SMILES string of the molecule is CCN(CC)c1c[n+](CC2=C(C(=O)O)N3C(=O)C(NC(=O)/C(=N\OC)c4noc(N)n4)[C@H]3SC2)ccn1. The fourth-order valence-corrected chi connectivity index (χ4v) is 5.41. The maximum Gasteiger partial charge on any atom is 0.352 e. The van der Waals surface area contributed by atoms with Crippen molar-refractivity contribution in [1.82, 2.24) is 25.3 Å². The molecule has 4 heterocycles. The van der Waals surface area contributed by atoms with Crippen LogP contribution in [0.25, 0.3) is 0 Å². The Hall–Kier alpha value is -4.21. The average Bonchev–Trinajstić information content (AvgIpc) is 3.32. The molecule has 2 aromatic heterocycles. The summed E-state index contributed by atoms with van der Waals surface area (Å²) in [6.45, 7) is 5.87. The summed E-state index contributed by atoms with van der Waals surface area (Å²) in [7, 11) is 1.22. The predicted molar refractivity (Wildman–Crippen MR) is 130 cm³/mol. The molecule has 4 N–H and O–H groups in total. The summed E-state index contributed by atoms with van der Waals surface area (Å²) in [6, 6.07) is -1.26. The number of aromatic nitrogens is 4. The van der Waals surface area contributed by atoms with E-state index in [-0.39, 0.29) is 29.8 Å². The minimum absolute atomic E-state index is 0.0929. The van der Waals surface area contributed by atoms with Gasteiger partial charge in [-0.1, -0.05) is 10.3 Å². The number of nitrogen functional groups attached to an aromatic ring is 1. The standard InChI is InChI=1S/C21H25N9O6S/c1-4-29(5-2)12-9-28(7-6-23-12)8-11-10-37-19-14(18(32)30(19)15(11)20(33)34)24-17(31)13(26-35-3)16-25-21(22)36-27-16/h6-7,9,14,19H,4-5,8,10H2,1-3H3,(H3-,22,24,25,27,31,33,34)/p+1/b26-13-/t14?,19-/m1/s1. The molecule has 0 saturated carbocycles. The number of hydrogen-bond donors (Lipinski definition) is 3. The van der Waals surface area contributed by atoms with E-state index in [2.05, 4.69) is 39.9 Å². The van der Waals surface area contributed by atoms with Gasteiger partial charge in [0.15, 0.2) is 18.6 Å². The van der Waals surface area contributed by atoms with Crippen LogP contribution in [0.1, 0.15) is 19.7 Å². The van der Waals surface area contributed by atoms with Crippen molar-refractivity contribution >= 4 is 47.1 Å².